The molecule has 0 fully saturated rings. The van der Waals surface area contributed by atoms with Crippen LogP contribution in [0.1, 0.15) is 30.9 Å². The number of carbonyl (C=O) groups excluding carboxylic acids is 2. The molecule has 1 atom stereocenters. The van der Waals surface area contributed by atoms with Gasteiger partial charge in [0.25, 0.3) is 10.0 Å². The smallest absolute Gasteiger partial charge is 0.264 e. The highest BCUT2D eigenvalue weighted by Crippen LogP contribution is 2.33. The van der Waals surface area contributed by atoms with Gasteiger partial charge in [-0.15, -0.1) is 0 Å². The Morgan fingerprint density at radius 2 is 1.56 bits per heavy atom. The van der Waals surface area contributed by atoms with Crippen LogP contribution in [0.25, 0.3) is 0 Å². The largest absolute Gasteiger partial charge is 0.493 e. The Balaban J connectivity index is 1.81. The number of hydrogen-bond acceptors (Lipinski definition) is 6. The molecule has 4 aromatic carbocycles. The van der Waals surface area contributed by atoms with Crippen LogP contribution in [-0.4, -0.2) is 58.5 Å². The van der Waals surface area contributed by atoms with Gasteiger partial charge < -0.3 is 19.7 Å². The van der Waals surface area contributed by atoms with Crippen molar-refractivity contribution in [3.8, 4) is 11.5 Å². The lowest BCUT2D eigenvalue weighted by Gasteiger charge is -2.34. The summed E-state index contributed by atoms with van der Waals surface area (Å²) < 4.78 is 41.2. The topological polar surface area (TPSA) is 105 Å². The van der Waals surface area contributed by atoms with E-state index in [1.165, 1.54) is 49.5 Å². The van der Waals surface area contributed by atoms with Crippen LogP contribution in [0.5, 0.6) is 11.5 Å². The van der Waals surface area contributed by atoms with Gasteiger partial charge in [-0.25, -0.2) is 8.42 Å². The minimum Gasteiger partial charge on any atom is -0.493 e. The average molecular weight is 757 g/mol. The Hall–Kier alpha value is -4.06. The van der Waals surface area contributed by atoms with Crippen molar-refractivity contribution < 1.29 is 27.5 Å². The number of rotatable bonds is 16. The van der Waals surface area contributed by atoms with Gasteiger partial charge in [-0.05, 0) is 66.1 Å². The standard InChI is InChI=1S/C36H39BrClN3O6S/c1-4-5-20-39-36(43)32(22-26-10-7-6-8-11-26)40(24-27-12-9-13-28(37)21-27)35(42)25-41(30-16-14-29(38)15-17-30)48(44,45)31-18-19-33(46-2)34(23-31)47-3/h6-19,21,23,32H,4-5,20,22,24-25H2,1-3H3,(H,39,43). The molecule has 0 aromatic heterocycles. The van der Waals surface area contributed by atoms with Crippen LogP contribution in [-0.2, 0) is 32.6 Å². The van der Waals surface area contributed by atoms with Crippen molar-refractivity contribution in [2.45, 2.75) is 43.7 Å². The number of nitrogens with zero attached hydrogens (tertiary/aromatic N) is 2. The highest BCUT2D eigenvalue weighted by atomic mass is 79.9. The van der Waals surface area contributed by atoms with Crippen LogP contribution in [0, 0.1) is 0 Å². The van der Waals surface area contributed by atoms with Crippen LogP contribution in [0.3, 0.4) is 0 Å². The Morgan fingerprint density at radius 3 is 2.21 bits per heavy atom. The van der Waals surface area contributed by atoms with E-state index in [2.05, 4.69) is 21.2 Å². The van der Waals surface area contributed by atoms with E-state index >= 15 is 0 Å². The lowest BCUT2D eigenvalue weighted by Crippen LogP contribution is -2.53. The van der Waals surface area contributed by atoms with Crippen LogP contribution in [0.2, 0.25) is 5.02 Å². The fourth-order valence-electron chi connectivity index (χ4n) is 5.13. The Bertz CT molecular complexity index is 1790. The fraction of sp³-hybridized carbons (Fsp3) is 0.278. The summed E-state index contributed by atoms with van der Waals surface area (Å²) in [7, 11) is -1.49. The third kappa shape index (κ3) is 9.52. The molecule has 0 saturated heterocycles. The number of sulfonamides is 1. The van der Waals surface area contributed by atoms with Crippen molar-refractivity contribution in [2.24, 2.45) is 0 Å². The highest BCUT2D eigenvalue weighted by Gasteiger charge is 2.35. The molecule has 9 nitrogen and oxygen atoms in total. The second kappa shape index (κ2) is 17.4. The van der Waals surface area contributed by atoms with E-state index in [1.54, 1.807) is 12.1 Å². The number of carbonyl (C=O) groups is 2. The first kappa shape index (κ1) is 36.8. The quantitative estimate of drug-likeness (QED) is 0.125. The summed E-state index contributed by atoms with van der Waals surface area (Å²) in [5, 5.41) is 3.39. The zero-order valence-corrected chi connectivity index (χ0v) is 30.2. The molecule has 0 spiro atoms. The SMILES string of the molecule is CCCCNC(=O)C(Cc1ccccc1)N(Cc1cccc(Br)c1)C(=O)CN(c1ccc(Cl)cc1)S(=O)(=O)c1ccc(OC)c(OC)c1. The van der Waals surface area contributed by atoms with E-state index in [4.69, 9.17) is 21.1 Å². The van der Waals surface area contributed by atoms with Crippen LogP contribution in [0.15, 0.2) is 106 Å². The summed E-state index contributed by atoms with van der Waals surface area (Å²) in [5.41, 5.74) is 1.84. The second-order valence-corrected chi connectivity index (χ2v) is 14.2. The number of methoxy groups -OCH3 is 2. The summed E-state index contributed by atoms with van der Waals surface area (Å²) in [6.45, 7) is 1.94. The molecule has 4 aromatic rings. The van der Waals surface area contributed by atoms with Crippen LogP contribution >= 0.6 is 27.5 Å². The van der Waals surface area contributed by atoms with E-state index in [9.17, 15) is 18.0 Å². The molecule has 2 amide bonds. The van der Waals surface area contributed by atoms with Crippen molar-refractivity contribution >= 4 is 55.1 Å². The van der Waals surface area contributed by atoms with Gasteiger partial charge >= 0.3 is 0 Å². The molecule has 0 aliphatic rings. The van der Waals surface area contributed by atoms with E-state index in [1.807, 2.05) is 61.5 Å². The van der Waals surface area contributed by atoms with E-state index in [-0.39, 0.29) is 35.2 Å². The minimum atomic E-state index is -4.36. The molecule has 254 valence electrons. The predicted octanol–water partition coefficient (Wildman–Crippen LogP) is 6.87. The summed E-state index contributed by atoms with van der Waals surface area (Å²) in [6, 6.07) is 26.3. The zero-order valence-electron chi connectivity index (χ0n) is 27.1. The van der Waals surface area contributed by atoms with Crippen molar-refractivity contribution in [1.29, 1.82) is 0 Å². The molecule has 1 N–H and O–H groups in total. The predicted molar refractivity (Wildman–Crippen MR) is 192 cm³/mol. The van der Waals surface area contributed by atoms with Gasteiger partial charge in [0.05, 0.1) is 24.8 Å². The van der Waals surface area contributed by atoms with Gasteiger partial charge in [0.2, 0.25) is 11.8 Å². The van der Waals surface area contributed by atoms with Gasteiger partial charge in [0.15, 0.2) is 11.5 Å². The molecule has 0 aliphatic carbocycles. The minimum absolute atomic E-state index is 0.0574. The van der Waals surface area contributed by atoms with Crippen LogP contribution in [0.4, 0.5) is 5.69 Å². The van der Waals surface area contributed by atoms with Crippen molar-refractivity contribution in [2.75, 3.05) is 31.6 Å². The highest BCUT2D eigenvalue weighted by molar-refractivity contribution is 9.10. The molecule has 0 saturated carbocycles. The second-order valence-electron chi connectivity index (χ2n) is 11.0. The Labute approximate surface area is 296 Å². The number of halogens is 2. The lowest BCUT2D eigenvalue weighted by atomic mass is 10.0. The molecule has 1 unspecified atom stereocenters. The first-order chi connectivity index (χ1) is 23.1. The van der Waals surface area contributed by atoms with Gasteiger partial charge in [0.1, 0.15) is 12.6 Å². The molecule has 12 heteroatoms. The fourth-order valence-corrected chi connectivity index (χ4v) is 7.14. The summed E-state index contributed by atoms with van der Waals surface area (Å²) >= 11 is 9.66. The summed E-state index contributed by atoms with van der Waals surface area (Å²) in [4.78, 5) is 29.8. The van der Waals surface area contributed by atoms with Gasteiger partial charge in [-0.3, -0.25) is 13.9 Å². The lowest BCUT2D eigenvalue weighted by molar-refractivity contribution is -0.140. The number of unbranched alkanes of at least 4 members (excludes halogenated alkanes) is 1. The molecule has 48 heavy (non-hydrogen) atoms. The first-order valence-corrected chi connectivity index (χ1v) is 18.0. The number of benzene rings is 4. The normalized spacial score (nSPS) is 11.8. The maximum absolute atomic E-state index is 14.6. The van der Waals surface area contributed by atoms with Gasteiger partial charge in [-0.1, -0.05) is 83.3 Å². The maximum atomic E-state index is 14.6. The molecule has 0 aliphatic heterocycles. The number of nitrogens with one attached hydrogen (secondary N) is 1. The molecule has 0 bridgehead atoms. The molecular formula is C36H39BrClN3O6S. The molecule has 0 heterocycles. The van der Waals surface area contributed by atoms with Crippen LogP contribution < -0.4 is 19.1 Å². The maximum Gasteiger partial charge on any atom is 0.264 e. The van der Waals surface area contributed by atoms with E-state index < -0.39 is 28.5 Å². The Kier molecular flexibility index (Phi) is 13.3. The zero-order chi connectivity index (χ0) is 34.7. The average Bonchev–Trinajstić information content (AvgIpc) is 3.09. The monoisotopic (exact) mass is 755 g/mol. The first-order valence-electron chi connectivity index (χ1n) is 15.4. The third-order valence-electron chi connectivity index (χ3n) is 7.68. The number of ether oxygens (including phenoxy) is 2. The summed E-state index contributed by atoms with van der Waals surface area (Å²) in [5.74, 6) is -0.329. The van der Waals surface area contributed by atoms with E-state index in [0.29, 0.717) is 17.3 Å². The van der Waals surface area contributed by atoms with Gasteiger partial charge in [-0.2, -0.15) is 0 Å². The number of hydrogen-bond donors (Lipinski definition) is 1. The third-order valence-corrected chi connectivity index (χ3v) is 10.2. The van der Waals surface area contributed by atoms with E-state index in [0.717, 1.165) is 32.7 Å². The van der Waals surface area contributed by atoms with Crippen molar-refractivity contribution in [3.63, 3.8) is 0 Å². The van der Waals surface area contributed by atoms with Gasteiger partial charge in [0, 0.05) is 35.1 Å². The van der Waals surface area contributed by atoms with Crippen molar-refractivity contribution in [1.82, 2.24) is 10.2 Å². The molecule has 0 radical (unpaired) electrons. The number of amides is 2. The van der Waals surface area contributed by atoms with Crippen molar-refractivity contribution in [3.05, 3.63) is 118 Å². The number of anilines is 1. The molecular weight excluding hydrogens is 718 g/mol. The Morgan fingerprint density at radius 1 is 0.875 bits per heavy atom. The summed E-state index contributed by atoms with van der Waals surface area (Å²) in [6.07, 6.45) is 1.88. The molecule has 4 rings (SSSR count).